The summed E-state index contributed by atoms with van der Waals surface area (Å²) >= 11 is 0. The molecular weight excluding hydrogens is 250 g/mol. The summed E-state index contributed by atoms with van der Waals surface area (Å²) in [6.07, 6.45) is 2.32. The van der Waals surface area contributed by atoms with Crippen LogP contribution in [0.3, 0.4) is 0 Å². The van der Waals surface area contributed by atoms with Crippen LogP contribution in [-0.4, -0.2) is 37.3 Å². The molecule has 2 unspecified atom stereocenters. The summed E-state index contributed by atoms with van der Waals surface area (Å²) in [4.78, 5) is 7.10. The number of piperidine rings is 1. The van der Waals surface area contributed by atoms with Gasteiger partial charge in [-0.3, -0.25) is 0 Å². The molecule has 2 atom stereocenters. The van der Waals surface area contributed by atoms with E-state index in [1.807, 2.05) is 12.1 Å². The number of nitrogens with zero attached hydrogens (tertiary/aromatic N) is 2. The Morgan fingerprint density at radius 1 is 1.30 bits per heavy atom. The van der Waals surface area contributed by atoms with Crippen LogP contribution in [0.25, 0.3) is 10.9 Å². The van der Waals surface area contributed by atoms with Crippen molar-refractivity contribution in [2.75, 3.05) is 25.1 Å². The minimum absolute atomic E-state index is 0.308. The van der Waals surface area contributed by atoms with Gasteiger partial charge in [-0.25, -0.2) is 4.98 Å². The zero-order valence-corrected chi connectivity index (χ0v) is 11.8. The lowest BCUT2D eigenvalue weighted by Gasteiger charge is -2.39. The number of benzene rings is 1. The standard InChI is InChI=1S/C16H21N3O/c1-20-14-8-9-19(13(10-14)11-17)16-7-6-12-4-2-3-5-15(12)18-16/h2-7,13-14H,8-11,17H2,1H3. The molecule has 0 spiro atoms. The summed E-state index contributed by atoms with van der Waals surface area (Å²) in [5, 5.41) is 1.17. The van der Waals surface area contributed by atoms with Crippen LogP contribution in [0.4, 0.5) is 5.82 Å². The first-order valence-corrected chi connectivity index (χ1v) is 7.17. The SMILES string of the molecule is COC1CCN(c2ccc3ccccc3n2)C(CN)C1. The molecule has 0 aliphatic carbocycles. The number of hydrogen-bond acceptors (Lipinski definition) is 4. The van der Waals surface area contributed by atoms with Gasteiger partial charge in [-0.15, -0.1) is 0 Å². The largest absolute Gasteiger partial charge is 0.381 e. The van der Waals surface area contributed by atoms with Crippen molar-refractivity contribution in [2.45, 2.75) is 25.0 Å². The summed E-state index contributed by atoms with van der Waals surface area (Å²) in [6.45, 7) is 1.58. The lowest BCUT2D eigenvalue weighted by Crippen LogP contribution is -2.49. The number of anilines is 1. The number of ether oxygens (including phenoxy) is 1. The molecule has 4 nitrogen and oxygen atoms in total. The summed E-state index contributed by atoms with van der Waals surface area (Å²) in [5.74, 6) is 1.02. The number of rotatable bonds is 3. The van der Waals surface area contributed by atoms with Crippen molar-refractivity contribution < 1.29 is 4.74 Å². The molecule has 1 aliphatic heterocycles. The van der Waals surface area contributed by atoms with Gasteiger partial charge in [0, 0.05) is 31.6 Å². The van der Waals surface area contributed by atoms with Crippen molar-refractivity contribution >= 4 is 16.7 Å². The predicted octanol–water partition coefficient (Wildman–Crippen LogP) is 2.18. The fraction of sp³-hybridized carbons (Fsp3) is 0.438. The van der Waals surface area contributed by atoms with Crippen LogP contribution in [0.15, 0.2) is 36.4 Å². The van der Waals surface area contributed by atoms with E-state index in [4.69, 9.17) is 15.5 Å². The fourth-order valence-corrected chi connectivity index (χ4v) is 2.97. The number of aromatic nitrogens is 1. The van der Waals surface area contributed by atoms with Crippen LogP contribution in [0.1, 0.15) is 12.8 Å². The summed E-state index contributed by atoms with van der Waals surface area (Å²) in [7, 11) is 1.78. The molecule has 1 aliphatic rings. The lowest BCUT2D eigenvalue weighted by atomic mass is 9.99. The number of methoxy groups -OCH3 is 1. The predicted molar refractivity (Wildman–Crippen MR) is 82.0 cm³/mol. The Balaban J connectivity index is 1.89. The Morgan fingerprint density at radius 2 is 2.15 bits per heavy atom. The second-order valence-electron chi connectivity index (χ2n) is 5.33. The lowest BCUT2D eigenvalue weighted by molar-refractivity contribution is 0.0708. The zero-order chi connectivity index (χ0) is 13.9. The molecule has 20 heavy (non-hydrogen) atoms. The van der Waals surface area contributed by atoms with E-state index in [1.165, 1.54) is 5.39 Å². The molecular formula is C16H21N3O. The third-order valence-electron chi connectivity index (χ3n) is 4.15. The van der Waals surface area contributed by atoms with Crippen molar-refractivity contribution in [2.24, 2.45) is 5.73 Å². The highest BCUT2D eigenvalue weighted by molar-refractivity contribution is 5.80. The Bertz CT molecular complexity index is 587. The van der Waals surface area contributed by atoms with Gasteiger partial charge >= 0.3 is 0 Å². The van der Waals surface area contributed by atoms with Crippen LogP contribution < -0.4 is 10.6 Å². The van der Waals surface area contributed by atoms with E-state index in [0.717, 1.165) is 30.7 Å². The third kappa shape index (κ3) is 2.49. The summed E-state index contributed by atoms with van der Waals surface area (Å²) in [5.41, 5.74) is 6.97. The van der Waals surface area contributed by atoms with E-state index in [9.17, 15) is 0 Å². The average molecular weight is 271 g/mol. The van der Waals surface area contributed by atoms with Crippen molar-refractivity contribution in [1.29, 1.82) is 0 Å². The van der Waals surface area contributed by atoms with Gasteiger partial charge < -0.3 is 15.4 Å². The first kappa shape index (κ1) is 13.3. The third-order valence-corrected chi connectivity index (χ3v) is 4.15. The smallest absolute Gasteiger partial charge is 0.129 e. The first-order chi connectivity index (χ1) is 9.81. The molecule has 0 amide bonds. The van der Waals surface area contributed by atoms with Crippen LogP contribution in [0.2, 0.25) is 0 Å². The van der Waals surface area contributed by atoms with Gasteiger partial charge in [0.1, 0.15) is 5.82 Å². The van der Waals surface area contributed by atoms with Crippen molar-refractivity contribution in [1.82, 2.24) is 4.98 Å². The van der Waals surface area contributed by atoms with E-state index >= 15 is 0 Å². The topological polar surface area (TPSA) is 51.4 Å². The maximum absolute atomic E-state index is 5.94. The normalized spacial score (nSPS) is 23.2. The second kappa shape index (κ2) is 5.77. The fourth-order valence-electron chi connectivity index (χ4n) is 2.97. The van der Waals surface area contributed by atoms with Gasteiger partial charge in [0.15, 0.2) is 0 Å². The van der Waals surface area contributed by atoms with Crippen molar-refractivity contribution in [3.63, 3.8) is 0 Å². The molecule has 4 heteroatoms. The van der Waals surface area contributed by atoms with Crippen molar-refractivity contribution in [3.05, 3.63) is 36.4 Å². The van der Waals surface area contributed by atoms with E-state index < -0.39 is 0 Å². The van der Waals surface area contributed by atoms with Gasteiger partial charge in [0.2, 0.25) is 0 Å². The maximum atomic E-state index is 5.94. The molecule has 0 bridgehead atoms. The Kier molecular flexibility index (Phi) is 3.85. The molecule has 2 aromatic rings. The zero-order valence-electron chi connectivity index (χ0n) is 11.8. The van der Waals surface area contributed by atoms with Crippen LogP contribution >= 0.6 is 0 Å². The number of pyridine rings is 1. The number of nitrogens with two attached hydrogens (primary N) is 1. The minimum Gasteiger partial charge on any atom is -0.381 e. The Morgan fingerprint density at radius 3 is 2.95 bits per heavy atom. The summed E-state index contributed by atoms with van der Waals surface area (Å²) < 4.78 is 5.48. The molecule has 1 saturated heterocycles. The average Bonchev–Trinajstić information content (AvgIpc) is 2.53. The molecule has 0 radical (unpaired) electrons. The van der Waals surface area contributed by atoms with Crippen LogP contribution in [0.5, 0.6) is 0 Å². The van der Waals surface area contributed by atoms with Gasteiger partial charge in [-0.1, -0.05) is 18.2 Å². The molecule has 106 valence electrons. The number of hydrogen-bond donors (Lipinski definition) is 1. The van der Waals surface area contributed by atoms with E-state index in [1.54, 1.807) is 7.11 Å². The van der Waals surface area contributed by atoms with Gasteiger partial charge in [-0.05, 0) is 31.0 Å². The van der Waals surface area contributed by atoms with E-state index in [0.29, 0.717) is 18.7 Å². The maximum Gasteiger partial charge on any atom is 0.129 e. The highest BCUT2D eigenvalue weighted by Crippen LogP contribution is 2.26. The molecule has 0 saturated carbocycles. The number of para-hydroxylation sites is 1. The second-order valence-corrected chi connectivity index (χ2v) is 5.33. The molecule has 3 rings (SSSR count). The van der Waals surface area contributed by atoms with E-state index in [2.05, 4.69) is 29.2 Å². The van der Waals surface area contributed by atoms with Crippen LogP contribution in [-0.2, 0) is 4.74 Å². The number of fused-ring (bicyclic) bond motifs is 1. The monoisotopic (exact) mass is 271 g/mol. The van der Waals surface area contributed by atoms with Crippen LogP contribution in [0, 0.1) is 0 Å². The molecule has 1 fully saturated rings. The minimum atomic E-state index is 0.308. The first-order valence-electron chi connectivity index (χ1n) is 7.17. The molecule has 1 aromatic heterocycles. The Labute approximate surface area is 119 Å². The molecule has 2 N–H and O–H groups in total. The highest BCUT2D eigenvalue weighted by atomic mass is 16.5. The highest BCUT2D eigenvalue weighted by Gasteiger charge is 2.28. The summed E-state index contributed by atoms with van der Waals surface area (Å²) in [6, 6.07) is 12.7. The van der Waals surface area contributed by atoms with Crippen molar-refractivity contribution in [3.8, 4) is 0 Å². The van der Waals surface area contributed by atoms with E-state index in [-0.39, 0.29) is 0 Å². The van der Waals surface area contributed by atoms with Gasteiger partial charge in [0.05, 0.1) is 11.6 Å². The molecule has 1 aromatic carbocycles. The van der Waals surface area contributed by atoms with Gasteiger partial charge in [-0.2, -0.15) is 0 Å². The quantitative estimate of drug-likeness (QED) is 0.929. The molecule has 2 heterocycles. The Hall–Kier alpha value is -1.65. The van der Waals surface area contributed by atoms with Gasteiger partial charge in [0.25, 0.3) is 0 Å².